The first-order valence-corrected chi connectivity index (χ1v) is 8.91. The van der Waals surface area contributed by atoms with Crippen molar-refractivity contribution in [1.82, 2.24) is 15.1 Å². The van der Waals surface area contributed by atoms with Crippen LogP contribution < -0.4 is 10.1 Å². The van der Waals surface area contributed by atoms with Gasteiger partial charge in [0.1, 0.15) is 12.4 Å². The maximum absolute atomic E-state index is 12.5. The lowest BCUT2D eigenvalue weighted by atomic mass is 10.2. The minimum absolute atomic E-state index is 0.256. The van der Waals surface area contributed by atoms with E-state index in [0.29, 0.717) is 12.1 Å². The number of benzene rings is 2. The Bertz CT molecular complexity index is 1040. The van der Waals surface area contributed by atoms with Crippen molar-refractivity contribution in [2.45, 2.75) is 13.2 Å². The molecular weight excluding hydrogens is 354 g/mol. The normalized spacial score (nSPS) is 10.6. The number of nitrogens with one attached hydrogen (secondary N) is 1. The summed E-state index contributed by atoms with van der Waals surface area (Å²) in [6.45, 7) is 0.612. The Labute approximate surface area is 162 Å². The van der Waals surface area contributed by atoms with Gasteiger partial charge in [-0.05, 0) is 30.3 Å². The first-order valence-electron chi connectivity index (χ1n) is 8.91. The summed E-state index contributed by atoms with van der Waals surface area (Å²) in [7, 11) is 0. The van der Waals surface area contributed by atoms with Crippen LogP contribution in [0, 0.1) is 0 Å². The van der Waals surface area contributed by atoms with Gasteiger partial charge >= 0.3 is 0 Å². The Balaban J connectivity index is 1.36. The number of para-hydroxylation sites is 2. The van der Waals surface area contributed by atoms with Gasteiger partial charge in [0.25, 0.3) is 5.91 Å². The van der Waals surface area contributed by atoms with Gasteiger partial charge in [-0.1, -0.05) is 36.4 Å². The van der Waals surface area contributed by atoms with Crippen LogP contribution in [0.4, 0.5) is 0 Å². The van der Waals surface area contributed by atoms with Gasteiger partial charge in [0, 0.05) is 23.9 Å². The number of carbonyl (C=O) groups is 1. The van der Waals surface area contributed by atoms with Gasteiger partial charge in [-0.15, -0.1) is 0 Å². The highest BCUT2D eigenvalue weighted by atomic mass is 16.5. The van der Waals surface area contributed by atoms with Crippen molar-refractivity contribution in [1.29, 1.82) is 0 Å². The van der Waals surface area contributed by atoms with Gasteiger partial charge in [-0.3, -0.25) is 4.79 Å². The molecule has 0 aliphatic carbocycles. The summed E-state index contributed by atoms with van der Waals surface area (Å²) in [5, 5.41) is 7.19. The van der Waals surface area contributed by atoms with E-state index in [-0.39, 0.29) is 18.3 Å². The Morgan fingerprint density at radius 3 is 2.57 bits per heavy atom. The van der Waals surface area contributed by atoms with Crippen LogP contribution in [0.3, 0.4) is 0 Å². The van der Waals surface area contributed by atoms with Gasteiger partial charge < -0.3 is 14.5 Å². The van der Waals surface area contributed by atoms with Crippen molar-refractivity contribution in [2.24, 2.45) is 0 Å². The van der Waals surface area contributed by atoms with Crippen LogP contribution in [-0.4, -0.2) is 15.7 Å². The van der Waals surface area contributed by atoms with E-state index in [4.69, 9.17) is 9.15 Å². The third-order valence-electron chi connectivity index (χ3n) is 4.20. The molecule has 28 heavy (non-hydrogen) atoms. The SMILES string of the molecule is O=C(NCc1cnn(-c2ccccc2)c1)c1occc1COc1ccccc1. The van der Waals surface area contributed by atoms with E-state index in [1.807, 2.05) is 66.9 Å². The van der Waals surface area contributed by atoms with E-state index in [1.165, 1.54) is 6.26 Å². The van der Waals surface area contributed by atoms with Crippen molar-refractivity contribution < 1.29 is 13.9 Å². The summed E-state index contributed by atoms with van der Waals surface area (Å²) in [5.41, 5.74) is 2.55. The summed E-state index contributed by atoms with van der Waals surface area (Å²) in [4.78, 5) is 12.5. The molecule has 0 atom stereocenters. The lowest BCUT2D eigenvalue weighted by Gasteiger charge is -2.06. The second-order valence-electron chi connectivity index (χ2n) is 6.19. The molecule has 0 aliphatic rings. The molecule has 0 radical (unpaired) electrons. The zero-order chi connectivity index (χ0) is 19.2. The number of rotatable bonds is 7. The number of amides is 1. The number of ether oxygens (including phenoxy) is 1. The molecule has 0 unspecified atom stereocenters. The third-order valence-corrected chi connectivity index (χ3v) is 4.20. The predicted octanol–water partition coefficient (Wildman–Crippen LogP) is 3.97. The molecular formula is C22H19N3O3. The van der Waals surface area contributed by atoms with Crippen LogP contribution in [0.25, 0.3) is 5.69 Å². The van der Waals surface area contributed by atoms with E-state index in [9.17, 15) is 4.79 Å². The first kappa shape index (κ1) is 17.6. The fourth-order valence-electron chi connectivity index (χ4n) is 2.76. The highest BCUT2D eigenvalue weighted by molar-refractivity contribution is 5.92. The largest absolute Gasteiger partial charge is 0.489 e. The average Bonchev–Trinajstić information content (AvgIpc) is 3.41. The lowest BCUT2D eigenvalue weighted by molar-refractivity contribution is 0.0919. The van der Waals surface area contributed by atoms with Crippen molar-refractivity contribution >= 4 is 5.91 Å². The third kappa shape index (κ3) is 4.12. The fourth-order valence-corrected chi connectivity index (χ4v) is 2.76. The number of carbonyl (C=O) groups excluding carboxylic acids is 1. The molecule has 6 heteroatoms. The molecule has 0 spiro atoms. The smallest absolute Gasteiger partial charge is 0.287 e. The topological polar surface area (TPSA) is 69.3 Å². The number of aromatic nitrogens is 2. The van der Waals surface area contributed by atoms with E-state index in [2.05, 4.69) is 10.4 Å². The summed E-state index contributed by atoms with van der Waals surface area (Å²) < 4.78 is 12.8. The maximum atomic E-state index is 12.5. The van der Waals surface area contributed by atoms with Gasteiger partial charge in [-0.25, -0.2) is 4.68 Å². The number of furan rings is 1. The number of hydrogen-bond donors (Lipinski definition) is 1. The molecule has 2 heterocycles. The molecule has 2 aromatic heterocycles. The molecule has 0 saturated carbocycles. The Kier molecular flexibility index (Phi) is 5.20. The van der Waals surface area contributed by atoms with E-state index < -0.39 is 0 Å². The molecule has 140 valence electrons. The molecule has 2 aromatic carbocycles. The highest BCUT2D eigenvalue weighted by Crippen LogP contribution is 2.16. The van der Waals surface area contributed by atoms with Crippen LogP contribution in [0.15, 0.2) is 89.8 Å². The Morgan fingerprint density at radius 2 is 1.79 bits per heavy atom. The van der Waals surface area contributed by atoms with Gasteiger partial charge in [-0.2, -0.15) is 5.10 Å². The second-order valence-corrected chi connectivity index (χ2v) is 6.19. The zero-order valence-electron chi connectivity index (χ0n) is 15.1. The van der Waals surface area contributed by atoms with Crippen molar-refractivity contribution in [3.05, 3.63) is 102 Å². The summed E-state index contributed by atoms with van der Waals surface area (Å²) >= 11 is 0. The monoisotopic (exact) mass is 373 g/mol. The number of nitrogens with zero attached hydrogens (tertiary/aromatic N) is 2. The van der Waals surface area contributed by atoms with Crippen LogP contribution >= 0.6 is 0 Å². The van der Waals surface area contributed by atoms with Gasteiger partial charge in [0.2, 0.25) is 0 Å². The van der Waals surface area contributed by atoms with Crippen molar-refractivity contribution in [3.63, 3.8) is 0 Å². The minimum atomic E-state index is -0.288. The first-order chi connectivity index (χ1) is 13.8. The molecule has 1 N–H and O–H groups in total. The van der Waals surface area contributed by atoms with Crippen molar-refractivity contribution in [2.75, 3.05) is 0 Å². The molecule has 4 rings (SSSR count). The lowest BCUT2D eigenvalue weighted by Crippen LogP contribution is -2.23. The molecule has 0 aliphatic heterocycles. The predicted molar refractivity (Wildman–Crippen MR) is 104 cm³/mol. The number of hydrogen-bond acceptors (Lipinski definition) is 4. The zero-order valence-corrected chi connectivity index (χ0v) is 15.1. The average molecular weight is 373 g/mol. The van der Waals surface area contributed by atoms with Crippen molar-refractivity contribution in [3.8, 4) is 11.4 Å². The van der Waals surface area contributed by atoms with E-state index >= 15 is 0 Å². The van der Waals surface area contributed by atoms with Crippen LogP contribution in [0.2, 0.25) is 0 Å². The quantitative estimate of drug-likeness (QED) is 0.532. The molecule has 4 aromatic rings. The van der Waals surface area contributed by atoms with Gasteiger partial charge in [0.05, 0.1) is 18.1 Å². The highest BCUT2D eigenvalue weighted by Gasteiger charge is 2.16. The molecule has 0 saturated heterocycles. The Morgan fingerprint density at radius 1 is 1.04 bits per heavy atom. The van der Waals surface area contributed by atoms with Crippen LogP contribution in [-0.2, 0) is 13.2 Å². The standard InChI is InChI=1S/C22H19N3O3/c26-22(21-18(11-12-27-21)16-28-20-9-5-2-6-10-20)23-13-17-14-24-25(15-17)19-7-3-1-4-8-19/h1-12,14-15H,13,16H2,(H,23,26). The maximum Gasteiger partial charge on any atom is 0.287 e. The summed E-state index contributed by atoms with van der Waals surface area (Å²) in [6, 6.07) is 21.0. The molecule has 0 fully saturated rings. The summed E-state index contributed by atoms with van der Waals surface area (Å²) in [5.74, 6) is 0.707. The van der Waals surface area contributed by atoms with Crippen LogP contribution in [0.1, 0.15) is 21.7 Å². The second kappa shape index (κ2) is 8.26. The van der Waals surface area contributed by atoms with Gasteiger partial charge in [0.15, 0.2) is 5.76 Å². The van der Waals surface area contributed by atoms with E-state index in [0.717, 1.165) is 17.0 Å². The van der Waals surface area contributed by atoms with E-state index in [1.54, 1.807) is 16.9 Å². The van der Waals surface area contributed by atoms with Crippen LogP contribution in [0.5, 0.6) is 5.75 Å². The molecule has 6 nitrogen and oxygen atoms in total. The Hall–Kier alpha value is -3.80. The fraction of sp³-hybridized carbons (Fsp3) is 0.0909. The molecule has 1 amide bonds. The summed E-state index contributed by atoms with van der Waals surface area (Å²) in [6.07, 6.45) is 5.11. The minimum Gasteiger partial charge on any atom is -0.489 e. The molecule has 0 bridgehead atoms.